The zero-order valence-corrected chi connectivity index (χ0v) is 32.5. The van der Waals surface area contributed by atoms with Crippen LogP contribution >= 0.6 is 0 Å². The summed E-state index contributed by atoms with van der Waals surface area (Å²) in [6, 6.07) is 86.3. The third kappa shape index (κ3) is 6.12. The molecule has 0 aliphatic rings. The van der Waals surface area contributed by atoms with E-state index in [9.17, 15) is 0 Å². The highest BCUT2D eigenvalue weighted by atomic mass is 15.1. The van der Waals surface area contributed by atoms with Crippen LogP contribution in [0.2, 0.25) is 0 Å². The second-order valence-electron chi connectivity index (χ2n) is 15.2. The maximum absolute atomic E-state index is 2.45. The molecule has 0 aromatic heterocycles. The minimum Gasteiger partial charge on any atom is -0.310 e. The lowest BCUT2D eigenvalue weighted by atomic mass is 9.91. The van der Waals surface area contributed by atoms with Gasteiger partial charge in [-0.15, -0.1) is 0 Å². The topological polar surface area (TPSA) is 3.24 Å². The number of fused-ring (bicyclic) bond motifs is 6. The Kier molecular flexibility index (Phi) is 8.56. The molecule has 0 unspecified atom stereocenters. The highest BCUT2D eigenvalue weighted by molar-refractivity contribution is 6.16. The van der Waals surface area contributed by atoms with Crippen molar-refractivity contribution in [3.8, 4) is 44.5 Å². The molecule has 276 valence electrons. The molecule has 0 radical (unpaired) electrons. The average Bonchev–Trinajstić information content (AvgIpc) is 3.32. The first-order chi connectivity index (χ1) is 29.3. The summed E-state index contributed by atoms with van der Waals surface area (Å²) < 4.78 is 0. The van der Waals surface area contributed by atoms with Crippen LogP contribution in [0.1, 0.15) is 0 Å². The van der Waals surface area contributed by atoms with Gasteiger partial charge in [0.25, 0.3) is 0 Å². The zero-order valence-electron chi connectivity index (χ0n) is 32.5. The SMILES string of the molecule is c1ccc(-c2ccc(N(c3ccc(-c4cc5ccccc5c5ccccc45)cc3)c3ccccc3-c3cc4ccccc4c4ccccc34)cc2-c2ccccc2)cc1. The molecule has 11 aromatic carbocycles. The summed E-state index contributed by atoms with van der Waals surface area (Å²) >= 11 is 0. The molecule has 1 nitrogen and oxygen atoms in total. The van der Waals surface area contributed by atoms with E-state index in [1.807, 2.05) is 0 Å². The van der Waals surface area contributed by atoms with Gasteiger partial charge in [-0.05, 0) is 124 Å². The van der Waals surface area contributed by atoms with Crippen molar-refractivity contribution in [3.63, 3.8) is 0 Å². The maximum Gasteiger partial charge on any atom is 0.0540 e. The van der Waals surface area contributed by atoms with Crippen LogP contribution in [0.25, 0.3) is 87.6 Å². The van der Waals surface area contributed by atoms with Gasteiger partial charge >= 0.3 is 0 Å². The van der Waals surface area contributed by atoms with Crippen LogP contribution in [0.3, 0.4) is 0 Å². The normalized spacial score (nSPS) is 11.4. The van der Waals surface area contributed by atoms with Crippen LogP contribution in [0.5, 0.6) is 0 Å². The molecule has 0 amide bonds. The van der Waals surface area contributed by atoms with Crippen molar-refractivity contribution in [3.05, 3.63) is 237 Å². The summed E-state index contributed by atoms with van der Waals surface area (Å²) in [4.78, 5) is 2.45. The van der Waals surface area contributed by atoms with Crippen LogP contribution < -0.4 is 4.90 Å². The maximum atomic E-state index is 2.45. The highest BCUT2D eigenvalue weighted by Crippen LogP contribution is 2.47. The van der Waals surface area contributed by atoms with Crippen molar-refractivity contribution in [2.45, 2.75) is 0 Å². The number of benzene rings is 11. The molecule has 0 fully saturated rings. The molecule has 0 atom stereocenters. The first kappa shape index (κ1) is 34.5. The average molecular weight is 750 g/mol. The van der Waals surface area contributed by atoms with E-state index < -0.39 is 0 Å². The molecule has 11 aromatic rings. The summed E-state index contributed by atoms with van der Waals surface area (Å²) in [5.41, 5.74) is 12.9. The molecule has 59 heavy (non-hydrogen) atoms. The van der Waals surface area contributed by atoms with Crippen molar-refractivity contribution in [1.82, 2.24) is 0 Å². The van der Waals surface area contributed by atoms with Gasteiger partial charge in [0.1, 0.15) is 0 Å². The van der Waals surface area contributed by atoms with Gasteiger partial charge in [-0.2, -0.15) is 0 Å². The van der Waals surface area contributed by atoms with Gasteiger partial charge in [-0.25, -0.2) is 0 Å². The van der Waals surface area contributed by atoms with Gasteiger partial charge in [-0.3, -0.25) is 0 Å². The molecule has 0 bridgehead atoms. The predicted molar refractivity (Wildman–Crippen MR) is 253 cm³/mol. The van der Waals surface area contributed by atoms with E-state index in [0.29, 0.717) is 0 Å². The Balaban J connectivity index is 1.14. The van der Waals surface area contributed by atoms with E-state index in [1.54, 1.807) is 0 Å². The Hall–Kier alpha value is -7.74. The quantitative estimate of drug-likeness (QED) is 0.147. The van der Waals surface area contributed by atoms with Crippen LogP contribution in [-0.2, 0) is 0 Å². The monoisotopic (exact) mass is 749 g/mol. The minimum atomic E-state index is 1.09. The first-order valence-electron chi connectivity index (χ1n) is 20.3. The summed E-state index contributed by atoms with van der Waals surface area (Å²) in [5, 5.41) is 10.0. The number of nitrogens with zero attached hydrogens (tertiary/aromatic N) is 1. The molecular weight excluding hydrogens is 711 g/mol. The van der Waals surface area contributed by atoms with E-state index >= 15 is 0 Å². The molecule has 11 rings (SSSR count). The largest absolute Gasteiger partial charge is 0.310 e. The van der Waals surface area contributed by atoms with Gasteiger partial charge in [-0.1, -0.05) is 194 Å². The minimum absolute atomic E-state index is 1.09. The first-order valence-corrected chi connectivity index (χ1v) is 20.3. The fraction of sp³-hybridized carbons (Fsp3) is 0. The molecule has 0 N–H and O–H groups in total. The van der Waals surface area contributed by atoms with Crippen molar-refractivity contribution in [2.24, 2.45) is 0 Å². The molecule has 0 heterocycles. The Morgan fingerprint density at radius 1 is 0.220 bits per heavy atom. The van der Waals surface area contributed by atoms with E-state index in [-0.39, 0.29) is 0 Å². The second kappa shape index (κ2) is 14.6. The summed E-state index contributed by atoms with van der Waals surface area (Å²) in [6.07, 6.45) is 0. The van der Waals surface area contributed by atoms with Gasteiger partial charge in [0.2, 0.25) is 0 Å². The van der Waals surface area contributed by atoms with Crippen molar-refractivity contribution in [1.29, 1.82) is 0 Å². The fourth-order valence-electron chi connectivity index (χ4n) is 9.08. The van der Waals surface area contributed by atoms with Crippen molar-refractivity contribution in [2.75, 3.05) is 4.90 Å². The number of anilines is 3. The van der Waals surface area contributed by atoms with E-state index in [2.05, 4.69) is 241 Å². The lowest BCUT2D eigenvalue weighted by molar-refractivity contribution is 1.28. The van der Waals surface area contributed by atoms with Crippen molar-refractivity contribution < 1.29 is 0 Å². The van der Waals surface area contributed by atoms with Crippen molar-refractivity contribution >= 4 is 60.2 Å². The highest BCUT2D eigenvalue weighted by Gasteiger charge is 2.21. The number of hydrogen-bond acceptors (Lipinski definition) is 1. The standard InChI is InChI=1S/C58H39N/c1-3-17-40(18-4-1)49-36-35-46(39-56(49)41-19-5-2-6-20-41)59(45-33-31-42(32-34-45)55-37-43-21-7-9-23-47(43)50-25-11-13-27-52(50)55)58-30-16-15-29-54(58)57-38-44-22-8-10-24-48(44)51-26-12-14-28-53(51)57/h1-39H. The number of rotatable bonds is 7. The molecule has 0 saturated heterocycles. The van der Waals surface area contributed by atoms with Crippen LogP contribution in [0, 0.1) is 0 Å². The third-order valence-corrected chi connectivity index (χ3v) is 11.8. The molecule has 0 aliphatic heterocycles. The van der Waals surface area contributed by atoms with E-state index in [4.69, 9.17) is 0 Å². The van der Waals surface area contributed by atoms with E-state index in [1.165, 1.54) is 87.6 Å². The summed E-state index contributed by atoms with van der Waals surface area (Å²) in [5.74, 6) is 0. The van der Waals surface area contributed by atoms with Gasteiger partial charge < -0.3 is 4.90 Å². The lowest BCUT2D eigenvalue weighted by Gasteiger charge is -2.29. The van der Waals surface area contributed by atoms with Crippen LogP contribution in [-0.4, -0.2) is 0 Å². The Labute approximate surface area is 344 Å². The fourth-order valence-corrected chi connectivity index (χ4v) is 9.08. The zero-order chi connectivity index (χ0) is 39.1. The number of para-hydroxylation sites is 1. The third-order valence-electron chi connectivity index (χ3n) is 11.8. The van der Waals surface area contributed by atoms with Crippen LogP contribution in [0.15, 0.2) is 237 Å². The van der Waals surface area contributed by atoms with E-state index in [0.717, 1.165) is 17.1 Å². The summed E-state index contributed by atoms with van der Waals surface area (Å²) in [6.45, 7) is 0. The Bertz CT molecular complexity index is 3310. The Morgan fingerprint density at radius 3 is 1.29 bits per heavy atom. The van der Waals surface area contributed by atoms with Gasteiger partial charge in [0.05, 0.1) is 5.69 Å². The van der Waals surface area contributed by atoms with Gasteiger partial charge in [0, 0.05) is 16.9 Å². The lowest BCUT2D eigenvalue weighted by Crippen LogP contribution is -2.11. The number of hydrogen-bond donors (Lipinski definition) is 0. The summed E-state index contributed by atoms with van der Waals surface area (Å²) in [7, 11) is 0. The molecular formula is C58H39N. The molecule has 0 spiro atoms. The molecule has 0 aliphatic carbocycles. The molecule has 1 heteroatoms. The van der Waals surface area contributed by atoms with Crippen LogP contribution in [0.4, 0.5) is 17.1 Å². The Morgan fingerprint density at radius 2 is 0.661 bits per heavy atom. The smallest absolute Gasteiger partial charge is 0.0540 e. The predicted octanol–water partition coefficient (Wildman–Crippen LogP) is 16.4. The second-order valence-corrected chi connectivity index (χ2v) is 15.2. The molecule has 0 saturated carbocycles. The van der Waals surface area contributed by atoms with Gasteiger partial charge in [0.15, 0.2) is 0 Å².